The number of amides is 1. The van der Waals surface area contributed by atoms with Crippen molar-refractivity contribution in [3.8, 4) is 0 Å². The Bertz CT molecular complexity index is 564. The number of nitrogens with zero attached hydrogens (tertiary/aromatic N) is 1. The molecule has 6 heteroatoms. The highest BCUT2D eigenvalue weighted by Crippen LogP contribution is 2.40. The lowest BCUT2D eigenvalue weighted by molar-refractivity contribution is -0.148. The van der Waals surface area contributed by atoms with Gasteiger partial charge in [0.2, 0.25) is 0 Å². The average Bonchev–Trinajstić information content (AvgIpc) is 3.18. The number of hydrogen-bond donors (Lipinski definition) is 2. The highest BCUT2D eigenvalue weighted by Gasteiger charge is 2.46. The maximum absolute atomic E-state index is 12.3. The molecule has 3 rings (SSSR count). The topological polar surface area (TPSA) is 92.4 Å². The zero-order valence-corrected chi connectivity index (χ0v) is 12.1. The third-order valence-electron chi connectivity index (χ3n) is 4.76. The molecule has 0 spiro atoms. The van der Waals surface area contributed by atoms with Crippen LogP contribution in [0.5, 0.6) is 0 Å². The van der Waals surface area contributed by atoms with E-state index in [1.165, 1.54) is 0 Å². The van der Waals surface area contributed by atoms with E-state index < -0.39 is 17.4 Å². The molecule has 2 aliphatic carbocycles. The van der Waals surface area contributed by atoms with Gasteiger partial charge in [0.15, 0.2) is 5.69 Å². The summed E-state index contributed by atoms with van der Waals surface area (Å²) in [6, 6.07) is 1.63. The number of carboxylic acids is 1. The van der Waals surface area contributed by atoms with Gasteiger partial charge in [-0.25, -0.2) is 4.79 Å². The molecule has 0 aliphatic heterocycles. The summed E-state index contributed by atoms with van der Waals surface area (Å²) in [7, 11) is 0. The molecule has 6 nitrogen and oxygen atoms in total. The summed E-state index contributed by atoms with van der Waals surface area (Å²) in [6.45, 7) is 1.88. The molecule has 0 radical (unpaired) electrons. The van der Waals surface area contributed by atoms with E-state index in [1.807, 2.05) is 6.92 Å². The average molecular weight is 292 g/mol. The van der Waals surface area contributed by atoms with E-state index in [2.05, 4.69) is 10.5 Å². The SMILES string of the molecule is CC1CCCCC1(NC(=O)c1cc(C2CC2)on1)C(=O)O. The Morgan fingerprint density at radius 2 is 2.14 bits per heavy atom. The molecular formula is C15H20N2O4. The first-order valence-electron chi connectivity index (χ1n) is 7.55. The molecule has 2 saturated carbocycles. The van der Waals surface area contributed by atoms with Crippen molar-refractivity contribution in [1.82, 2.24) is 10.5 Å². The van der Waals surface area contributed by atoms with Gasteiger partial charge in [0.1, 0.15) is 11.3 Å². The largest absolute Gasteiger partial charge is 0.479 e. The number of carbonyl (C=O) groups excluding carboxylic acids is 1. The van der Waals surface area contributed by atoms with Crippen LogP contribution >= 0.6 is 0 Å². The number of nitrogens with one attached hydrogen (secondary N) is 1. The van der Waals surface area contributed by atoms with E-state index in [4.69, 9.17) is 4.52 Å². The Balaban J connectivity index is 1.78. The second kappa shape index (κ2) is 5.16. The van der Waals surface area contributed by atoms with Crippen molar-refractivity contribution in [3.63, 3.8) is 0 Å². The van der Waals surface area contributed by atoms with Crippen LogP contribution in [0.3, 0.4) is 0 Å². The van der Waals surface area contributed by atoms with Crippen molar-refractivity contribution in [3.05, 3.63) is 17.5 Å². The van der Waals surface area contributed by atoms with E-state index in [0.717, 1.165) is 37.9 Å². The summed E-state index contributed by atoms with van der Waals surface area (Å²) >= 11 is 0. The first kappa shape index (κ1) is 14.1. The first-order valence-corrected chi connectivity index (χ1v) is 7.55. The lowest BCUT2D eigenvalue weighted by Gasteiger charge is -2.39. The lowest BCUT2D eigenvalue weighted by Crippen LogP contribution is -2.60. The molecule has 114 valence electrons. The fourth-order valence-electron chi connectivity index (χ4n) is 3.13. The van der Waals surface area contributed by atoms with Gasteiger partial charge in [-0.1, -0.05) is 24.9 Å². The molecule has 2 aliphatic rings. The predicted octanol–water partition coefficient (Wildman–Crippen LogP) is 2.32. The van der Waals surface area contributed by atoms with Crippen molar-refractivity contribution in [2.75, 3.05) is 0 Å². The normalized spacial score (nSPS) is 29.1. The van der Waals surface area contributed by atoms with Gasteiger partial charge >= 0.3 is 5.97 Å². The Kier molecular flexibility index (Phi) is 3.47. The van der Waals surface area contributed by atoms with Gasteiger partial charge in [0.25, 0.3) is 5.91 Å². The molecule has 0 aromatic carbocycles. The van der Waals surface area contributed by atoms with Crippen molar-refractivity contribution in [2.24, 2.45) is 5.92 Å². The summed E-state index contributed by atoms with van der Waals surface area (Å²) in [5.74, 6) is -0.416. The number of carboxylic acid groups (broad SMARTS) is 1. The molecule has 21 heavy (non-hydrogen) atoms. The Morgan fingerprint density at radius 3 is 2.76 bits per heavy atom. The molecule has 2 fully saturated rings. The van der Waals surface area contributed by atoms with Gasteiger partial charge in [0, 0.05) is 12.0 Å². The van der Waals surface area contributed by atoms with Crippen LogP contribution in [0.4, 0.5) is 0 Å². The molecule has 1 amide bonds. The summed E-state index contributed by atoms with van der Waals surface area (Å²) in [6.07, 6.45) is 5.20. The third kappa shape index (κ3) is 2.54. The first-order chi connectivity index (χ1) is 10.0. The number of carbonyl (C=O) groups is 2. The van der Waals surface area contributed by atoms with Crippen LogP contribution in [0.1, 0.15) is 67.6 Å². The van der Waals surface area contributed by atoms with Gasteiger partial charge in [-0.15, -0.1) is 0 Å². The number of aromatic nitrogens is 1. The minimum atomic E-state index is -1.19. The number of aliphatic carboxylic acids is 1. The van der Waals surface area contributed by atoms with E-state index in [0.29, 0.717) is 12.3 Å². The third-order valence-corrected chi connectivity index (χ3v) is 4.76. The minimum absolute atomic E-state index is 0.0949. The minimum Gasteiger partial charge on any atom is -0.479 e. The van der Waals surface area contributed by atoms with Crippen LogP contribution in [-0.4, -0.2) is 27.7 Å². The fraction of sp³-hybridized carbons (Fsp3) is 0.667. The molecule has 2 atom stereocenters. The van der Waals surface area contributed by atoms with E-state index in [1.54, 1.807) is 6.07 Å². The Morgan fingerprint density at radius 1 is 1.38 bits per heavy atom. The van der Waals surface area contributed by atoms with E-state index in [9.17, 15) is 14.7 Å². The van der Waals surface area contributed by atoms with Gasteiger partial charge in [-0.3, -0.25) is 4.79 Å². The Hall–Kier alpha value is -1.85. The van der Waals surface area contributed by atoms with Crippen molar-refractivity contribution in [1.29, 1.82) is 0 Å². The summed E-state index contributed by atoms with van der Waals surface area (Å²) in [4.78, 5) is 24.0. The Labute approximate surface area is 122 Å². The smallest absolute Gasteiger partial charge is 0.329 e. The second-order valence-corrected chi connectivity index (χ2v) is 6.27. The zero-order chi connectivity index (χ0) is 15.0. The number of hydrogen-bond acceptors (Lipinski definition) is 4. The molecule has 0 saturated heterocycles. The standard InChI is InChI=1S/C15H20N2O4/c1-9-4-2-3-7-15(9,14(19)20)16-13(18)11-8-12(21-17-11)10-5-6-10/h8-10H,2-7H2,1H3,(H,16,18)(H,19,20). The number of rotatable bonds is 4. The van der Waals surface area contributed by atoms with Gasteiger partial charge in [0.05, 0.1) is 0 Å². The van der Waals surface area contributed by atoms with Gasteiger partial charge < -0.3 is 14.9 Å². The fourth-order valence-corrected chi connectivity index (χ4v) is 3.13. The van der Waals surface area contributed by atoms with Crippen LogP contribution < -0.4 is 5.32 Å². The van der Waals surface area contributed by atoms with Crippen LogP contribution in [0.2, 0.25) is 0 Å². The molecule has 1 heterocycles. The highest BCUT2D eigenvalue weighted by atomic mass is 16.5. The molecule has 0 bridgehead atoms. The second-order valence-electron chi connectivity index (χ2n) is 6.27. The monoisotopic (exact) mass is 292 g/mol. The van der Waals surface area contributed by atoms with Crippen molar-refractivity contribution in [2.45, 2.75) is 56.9 Å². The summed E-state index contributed by atoms with van der Waals surface area (Å²) in [5.41, 5.74) is -1.01. The quantitative estimate of drug-likeness (QED) is 0.888. The zero-order valence-electron chi connectivity index (χ0n) is 12.1. The molecule has 1 aromatic rings. The van der Waals surface area contributed by atoms with Crippen LogP contribution in [-0.2, 0) is 4.79 Å². The molecule has 1 aromatic heterocycles. The molecular weight excluding hydrogens is 272 g/mol. The molecule has 2 N–H and O–H groups in total. The van der Waals surface area contributed by atoms with Crippen molar-refractivity contribution < 1.29 is 19.2 Å². The van der Waals surface area contributed by atoms with Crippen LogP contribution in [0.25, 0.3) is 0 Å². The van der Waals surface area contributed by atoms with E-state index >= 15 is 0 Å². The van der Waals surface area contributed by atoms with Crippen molar-refractivity contribution >= 4 is 11.9 Å². The predicted molar refractivity (Wildman–Crippen MR) is 73.9 cm³/mol. The maximum atomic E-state index is 12.3. The maximum Gasteiger partial charge on any atom is 0.329 e. The van der Waals surface area contributed by atoms with Crippen LogP contribution in [0, 0.1) is 5.92 Å². The summed E-state index contributed by atoms with van der Waals surface area (Å²) in [5, 5.41) is 16.1. The van der Waals surface area contributed by atoms with E-state index in [-0.39, 0.29) is 11.6 Å². The van der Waals surface area contributed by atoms with Gasteiger partial charge in [-0.2, -0.15) is 0 Å². The molecule has 2 unspecified atom stereocenters. The lowest BCUT2D eigenvalue weighted by atomic mass is 9.73. The summed E-state index contributed by atoms with van der Waals surface area (Å²) < 4.78 is 5.16. The van der Waals surface area contributed by atoms with Gasteiger partial charge in [-0.05, 0) is 31.6 Å². The van der Waals surface area contributed by atoms with Crippen LogP contribution in [0.15, 0.2) is 10.6 Å². The highest BCUT2D eigenvalue weighted by molar-refractivity contribution is 5.96.